The van der Waals surface area contributed by atoms with Crippen molar-refractivity contribution in [1.82, 2.24) is 0 Å². The van der Waals surface area contributed by atoms with Gasteiger partial charge < -0.3 is 16.0 Å². The van der Waals surface area contributed by atoms with Gasteiger partial charge in [0.1, 0.15) is 0 Å². The van der Waals surface area contributed by atoms with Gasteiger partial charge in [-0.25, -0.2) is 0 Å². The topological polar surface area (TPSA) is 78.8 Å². The van der Waals surface area contributed by atoms with Gasteiger partial charge in [0.15, 0.2) is 5.84 Å². The molecule has 0 heterocycles. The van der Waals surface area contributed by atoms with Gasteiger partial charge in [-0.1, -0.05) is 12.1 Å². The summed E-state index contributed by atoms with van der Waals surface area (Å²) in [5, 5.41) is 20.2. The predicted octanol–water partition coefficient (Wildman–Crippen LogP) is 0.625. The smallest absolute Gasteiger partial charge is 0.152 e. The number of aliphatic hydroxyl groups excluding tert-OH is 1. The van der Waals surface area contributed by atoms with Gasteiger partial charge in [0.05, 0.1) is 5.25 Å². The van der Waals surface area contributed by atoms with Crippen LogP contribution in [0.2, 0.25) is 0 Å². The molecule has 72 valence electrons. The van der Waals surface area contributed by atoms with Crippen LogP contribution in [0, 0.1) is 0 Å². The molecule has 0 saturated heterocycles. The van der Waals surface area contributed by atoms with E-state index in [0.717, 1.165) is 6.42 Å². The van der Waals surface area contributed by atoms with Crippen LogP contribution in [0.4, 0.5) is 0 Å². The van der Waals surface area contributed by atoms with E-state index in [1.165, 1.54) is 0 Å². The Morgan fingerprint density at radius 2 is 2.17 bits per heavy atom. The molecule has 0 saturated carbocycles. The number of hydrogen-bond acceptors (Lipinski definition) is 4. The Morgan fingerprint density at radius 1 is 1.58 bits per heavy atom. The van der Waals surface area contributed by atoms with E-state index in [9.17, 15) is 0 Å². The Balaban J connectivity index is 3.75. The average molecular weight is 192 g/mol. The molecule has 12 heavy (non-hydrogen) atoms. The highest BCUT2D eigenvalue weighted by atomic mass is 32.2. The van der Waals surface area contributed by atoms with Crippen LogP contribution in [0.1, 0.15) is 20.3 Å². The molecule has 4 nitrogen and oxygen atoms in total. The van der Waals surface area contributed by atoms with Crippen LogP contribution in [0.15, 0.2) is 5.16 Å². The number of rotatable bonds is 5. The summed E-state index contributed by atoms with van der Waals surface area (Å²) in [6, 6.07) is 0. The SMILES string of the molecule is CC(CCO)SC(C)C(N)=NO. The molecule has 0 aliphatic rings. The van der Waals surface area contributed by atoms with Crippen LogP contribution in [0.3, 0.4) is 0 Å². The number of oxime groups is 1. The fourth-order valence-electron chi connectivity index (χ4n) is 0.749. The Morgan fingerprint density at radius 3 is 2.58 bits per heavy atom. The molecule has 0 rings (SSSR count). The molecule has 2 atom stereocenters. The lowest BCUT2D eigenvalue weighted by Crippen LogP contribution is -2.25. The largest absolute Gasteiger partial charge is 0.409 e. The van der Waals surface area contributed by atoms with Crippen molar-refractivity contribution in [2.24, 2.45) is 10.9 Å². The summed E-state index contributed by atoms with van der Waals surface area (Å²) in [7, 11) is 0. The molecule has 5 heteroatoms. The molecule has 0 aromatic rings. The standard InChI is InChI=1S/C7H16N2O2S/c1-5(3-4-10)12-6(2)7(8)9-11/h5-6,10-11H,3-4H2,1-2H3,(H2,8,9). The van der Waals surface area contributed by atoms with Crippen LogP contribution in [-0.2, 0) is 0 Å². The zero-order chi connectivity index (χ0) is 9.56. The molecule has 0 aromatic heterocycles. The van der Waals surface area contributed by atoms with E-state index in [-0.39, 0.29) is 17.7 Å². The molecule has 0 fully saturated rings. The number of aliphatic hydroxyl groups is 1. The number of nitrogens with two attached hydrogens (primary N) is 1. The second kappa shape index (κ2) is 6.14. The zero-order valence-electron chi connectivity index (χ0n) is 7.40. The van der Waals surface area contributed by atoms with E-state index in [2.05, 4.69) is 5.16 Å². The summed E-state index contributed by atoms with van der Waals surface area (Å²) in [6.07, 6.45) is 0.730. The number of hydrogen-bond donors (Lipinski definition) is 3. The summed E-state index contributed by atoms with van der Waals surface area (Å²) in [4.78, 5) is 0. The van der Waals surface area contributed by atoms with Crippen LogP contribution < -0.4 is 5.73 Å². The molecule has 0 bridgehead atoms. The van der Waals surface area contributed by atoms with Gasteiger partial charge in [-0.05, 0) is 13.3 Å². The van der Waals surface area contributed by atoms with Crippen molar-refractivity contribution in [2.45, 2.75) is 30.8 Å². The third kappa shape index (κ3) is 4.46. The Kier molecular flexibility index (Phi) is 5.92. The van der Waals surface area contributed by atoms with E-state index >= 15 is 0 Å². The lowest BCUT2D eigenvalue weighted by atomic mass is 10.3. The van der Waals surface area contributed by atoms with E-state index in [4.69, 9.17) is 16.0 Å². The van der Waals surface area contributed by atoms with Gasteiger partial charge in [-0.2, -0.15) is 0 Å². The highest BCUT2D eigenvalue weighted by Gasteiger charge is 2.12. The third-order valence-corrected chi connectivity index (χ3v) is 2.85. The van der Waals surface area contributed by atoms with Gasteiger partial charge in [-0.3, -0.25) is 0 Å². The van der Waals surface area contributed by atoms with Gasteiger partial charge in [0, 0.05) is 11.9 Å². The van der Waals surface area contributed by atoms with Crippen molar-refractivity contribution in [3.8, 4) is 0 Å². The quantitative estimate of drug-likeness (QED) is 0.258. The average Bonchev–Trinajstić information content (AvgIpc) is 2.03. The second-order valence-corrected chi connectivity index (χ2v) is 4.41. The number of amidine groups is 1. The lowest BCUT2D eigenvalue weighted by Gasteiger charge is -2.14. The van der Waals surface area contributed by atoms with Gasteiger partial charge in [-0.15, -0.1) is 11.8 Å². The molecule has 0 aromatic carbocycles. The highest BCUT2D eigenvalue weighted by Crippen LogP contribution is 2.19. The van der Waals surface area contributed by atoms with E-state index in [0.29, 0.717) is 5.25 Å². The first-order valence-electron chi connectivity index (χ1n) is 3.85. The van der Waals surface area contributed by atoms with Crippen LogP contribution in [0.5, 0.6) is 0 Å². The zero-order valence-corrected chi connectivity index (χ0v) is 8.21. The molecule has 0 aliphatic heterocycles. The number of thioether (sulfide) groups is 1. The summed E-state index contributed by atoms with van der Waals surface area (Å²) in [6.45, 7) is 4.05. The van der Waals surface area contributed by atoms with E-state index in [1.54, 1.807) is 11.8 Å². The van der Waals surface area contributed by atoms with Crippen LogP contribution in [-0.4, -0.2) is 33.3 Å². The molecule has 0 aliphatic carbocycles. The minimum absolute atomic E-state index is 0.00319. The Bertz CT molecular complexity index is 152. The van der Waals surface area contributed by atoms with Crippen molar-refractivity contribution in [3.05, 3.63) is 0 Å². The summed E-state index contributed by atoms with van der Waals surface area (Å²) >= 11 is 1.58. The molecule has 0 radical (unpaired) electrons. The molecule has 2 unspecified atom stereocenters. The fraction of sp³-hybridized carbons (Fsp3) is 0.857. The maximum absolute atomic E-state index is 8.62. The Hall–Kier alpha value is -0.420. The fourth-order valence-corrected chi connectivity index (χ4v) is 1.87. The molecular formula is C7H16N2O2S. The molecule has 0 amide bonds. The summed E-state index contributed by atoms with van der Waals surface area (Å²) < 4.78 is 0. The monoisotopic (exact) mass is 192 g/mol. The van der Waals surface area contributed by atoms with Crippen molar-refractivity contribution in [3.63, 3.8) is 0 Å². The number of nitrogens with zero attached hydrogens (tertiary/aromatic N) is 1. The molecule has 4 N–H and O–H groups in total. The third-order valence-electron chi connectivity index (χ3n) is 1.50. The van der Waals surface area contributed by atoms with Crippen LogP contribution >= 0.6 is 11.8 Å². The van der Waals surface area contributed by atoms with Gasteiger partial charge >= 0.3 is 0 Å². The van der Waals surface area contributed by atoms with E-state index in [1.807, 2.05) is 13.8 Å². The highest BCUT2D eigenvalue weighted by molar-refractivity contribution is 8.01. The van der Waals surface area contributed by atoms with Crippen molar-refractivity contribution >= 4 is 17.6 Å². The summed E-state index contributed by atoms with van der Waals surface area (Å²) in [5.74, 6) is 0.227. The van der Waals surface area contributed by atoms with E-state index < -0.39 is 0 Å². The van der Waals surface area contributed by atoms with Crippen LogP contribution in [0.25, 0.3) is 0 Å². The maximum atomic E-state index is 8.62. The van der Waals surface area contributed by atoms with Crippen molar-refractivity contribution in [1.29, 1.82) is 0 Å². The first-order valence-corrected chi connectivity index (χ1v) is 4.79. The second-order valence-electron chi connectivity index (χ2n) is 2.63. The first kappa shape index (κ1) is 11.6. The van der Waals surface area contributed by atoms with Crippen molar-refractivity contribution in [2.75, 3.05) is 6.61 Å². The van der Waals surface area contributed by atoms with Gasteiger partial charge in [0.2, 0.25) is 0 Å². The van der Waals surface area contributed by atoms with Crippen molar-refractivity contribution < 1.29 is 10.3 Å². The minimum atomic E-state index is -0.00319. The Labute approximate surface area is 76.8 Å². The lowest BCUT2D eigenvalue weighted by molar-refractivity contribution is 0.289. The summed E-state index contributed by atoms with van der Waals surface area (Å²) in [5.41, 5.74) is 5.38. The van der Waals surface area contributed by atoms with Gasteiger partial charge in [0.25, 0.3) is 0 Å². The minimum Gasteiger partial charge on any atom is -0.409 e. The molecule has 0 spiro atoms. The predicted molar refractivity (Wildman–Crippen MR) is 51.6 cm³/mol. The maximum Gasteiger partial charge on any atom is 0.152 e. The molecular weight excluding hydrogens is 176 g/mol. The first-order chi connectivity index (χ1) is 5.61. The normalized spacial score (nSPS) is 17.4.